The molecule has 0 aliphatic heterocycles. The van der Waals surface area contributed by atoms with Crippen LogP contribution >= 0.6 is 7.82 Å². The number of unbranched alkanes of at least 4 members (excludes halogenated alkanes) is 10. The third-order valence-electron chi connectivity index (χ3n) is 3.84. The average molecular weight is 462 g/mol. The molecule has 0 aliphatic rings. The summed E-state index contributed by atoms with van der Waals surface area (Å²) in [7, 11) is -4.64. The summed E-state index contributed by atoms with van der Waals surface area (Å²) in [5.41, 5.74) is 0. The minimum atomic E-state index is -4.64. The van der Waals surface area contributed by atoms with Crippen LogP contribution in [0.15, 0.2) is 12.2 Å². The quantitative estimate of drug-likeness (QED) is 0.104. The van der Waals surface area contributed by atoms with Crippen LogP contribution in [0, 0.1) is 0 Å². The van der Waals surface area contributed by atoms with Gasteiger partial charge in [0, 0.05) is 12.2 Å². The number of rotatable bonds is 16. The molecule has 0 radical (unpaired) electrons. The number of phosphoric acid groups is 1. The summed E-state index contributed by atoms with van der Waals surface area (Å²) in [6, 6.07) is 0. The number of carbonyl (C=O) groups excluding carboxylic acids is 2. The molecule has 0 saturated heterocycles. The van der Waals surface area contributed by atoms with Gasteiger partial charge in [-0.25, -0.2) is 14.2 Å². The first kappa shape index (κ1) is 34.4. The normalized spacial score (nSPS) is 10.7. The van der Waals surface area contributed by atoms with Crippen molar-refractivity contribution in [1.29, 1.82) is 0 Å². The van der Waals surface area contributed by atoms with E-state index in [0.717, 1.165) is 37.8 Å². The van der Waals surface area contributed by atoms with Crippen LogP contribution in [0.3, 0.4) is 0 Å². The molecule has 0 spiro atoms. The summed E-state index contributed by atoms with van der Waals surface area (Å²) in [6.45, 7) is 5.21. The van der Waals surface area contributed by atoms with Crippen molar-refractivity contribution in [3.8, 4) is 0 Å². The van der Waals surface area contributed by atoms with E-state index in [-0.39, 0.29) is 29.6 Å². The number of ether oxygens (including phenoxy) is 2. The fourth-order valence-electron chi connectivity index (χ4n) is 2.34. The van der Waals surface area contributed by atoms with Gasteiger partial charge < -0.3 is 24.2 Å². The molecular formula is C20H40NaO8P. The van der Waals surface area contributed by atoms with Gasteiger partial charge in [-0.2, -0.15) is 0 Å². The van der Waals surface area contributed by atoms with Gasteiger partial charge in [-0.05, 0) is 12.8 Å². The molecule has 0 rings (SSSR count). The molecule has 0 bridgehead atoms. The Kier molecular flexibility index (Phi) is 28.7. The van der Waals surface area contributed by atoms with Crippen molar-refractivity contribution in [1.82, 2.24) is 0 Å². The third-order valence-corrected chi connectivity index (χ3v) is 3.84. The second-order valence-electron chi connectivity index (χ2n) is 6.72. The SMILES string of the molecule is CCCCCCCCOC(=O)/C=C\C(=O)OCCCCCCCC.O=P(O)(O)O.[NaH]. The van der Waals surface area contributed by atoms with Crippen molar-refractivity contribution in [3.05, 3.63) is 12.2 Å². The van der Waals surface area contributed by atoms with Crippen molar-refractivity contribution in [3.63, 3.8) is 0 Å². The molecular weight excluding hydrogens is 422 g/mol. The number of esters is 2. The Morgan fingerprint density at radius 3 is 1.23 bits per heavy atom. The van der Waals surface area contributed by atoms with E-state index in [9.17, 15) is 9.59 Å². The van der Waals surface area contributed by atoms with E-state index in [2.05, 4.69) is 13.8 Å². The second kappa shape index (κ2) is 25.1. The predicted octanol–water partition coefficient (Wildman–Crippen LogP) is 3.77. The number of hydrogen-bond donors (Lipinski definition) is 3. The molecule has 8 nitrogen and oxygen atoms in total. The van der Waals surface area contributed by atoms with Crippen LogP contribution in [0.1, 0.15) is 90.9 Å². The first-order valence-corrected chi connectivity index (χ1v) is 12.1. The van der Waals surface area contributed by atoms with Gasteiger partial charge in [0.1, 0.15) is 0 Å². The van der Waals surface area contributed by atoms with Crippen molar-refractivity contribution in [2.24, 2.45) is 0 Å². The molecule has 0 aromatic rings. The van der Waals surface area contributed by atoms with E-state index in [1.165, 1.54) is 51.4 Å². The van der Waals surface area contributed by atoms with E-state index in [1.807, 2.05) is 0 Å². The maximum atomic E-state index is 11.4. The molecule has 0 unspecified atom stereocenters. The third kappa shape index (κ3) is 38.4. The summed E-state index contributed by atoms with van der Waals surface area (Å²) in [5.74, 6) is -0.944. The average Bonchev–Trinajstić information content (AvgIpc) is 2.63. The van der Waals surface area contributed by atoms with E-state index in [0.29, 0.717) is 13.2 Å². The Morgan fingerprint density at radius 1 is 0.667 bits per heavy atom. The predicted molar refractivity (Wildman–Crippen MR) is 119 cm³/mol. The van der Waals surface area contributed by atoms with Gasteiger partial charge in [0.05, 0.1) is 13.2 Å². The Balaban J connectivity index is -0.00000108. The van der Waals surface area contributed by atoms with Crippen molar-refractivity contribution < 1.29 is 38.3 Å². The summed E-state index contributed by atoms with van der Waals surface area (Å²) < 4.78 is 19.0. The Labute approximate surface area is 203 Å². The number of hydrogen-bond acceptors (Lipinski definition) is 5. The zero-order valence-corrected chi connectivity index (χ0v) is 18.8. The van der Waals surface area contributed by atoms with Gasteiger partial charge in [-0.1, -0.05) is 78.1 Å². The minimum absolute atomic E-state index is 0. The Bertz CT molecular complexity index is 439. The molecule has 0 heterocycles. The summed E-state index contributed by atoms with van der Waals surface area (Å²) in [5, 5.41) is 0. The van der Waals surface area contributed by atoms with E-state index in [4.69, 9.17) is 28.7 Å². The zero-order valence-electron chi connectivity index (χ0n) is 17.9. The summed E-state index contributed by atoms with van der Waals surface area (Å²) in [4.78, 5) is 44.4. The Morgan fingerprint density at radius 2 is 0.933 bits per heavy atom. The molecule has 0 aliphatic carbocycles. The Hall–Kier alpha value is -0.210. The fraction of sp³-hybridized carbons (Fsp3) is 0.800. The van der Waals surface area contributed by atoms with Crippen LogP contribution in [0.4, 0.5) is 0 Å². The van der Waals surface area contributed by atoms with Gasteiger partial charge in [0.15, 0.2) is 0 Å². The maximum absolute atomic E-state index is 11.4. The van der Waals surface area contributed by atoms with Crippen molar-refractivity contribution in [2.75, 3.05) is 13.2 Å². The fourth-order valence-corrected chi connectivity index (χ4v) is 2.34. The van der Waals surface area contributed by atoms with Crippen LogP contribution in [0.5, 0.6) is 0 Å². The first-order valence-electron chi connectivity index (χ1n) is 10.5. The van der Waals surface area contributed by atoms with Gasteiger partial charge >= 0.3 is 49.3 Å². The van der Waals surface area contributed by atoms with Gasteiger partial charge in [-0.15, -0.1) is 0 Å². The van der Waals surface area contributed by atoms with Crippen LogP contribution in [-0.2, 0) is 23.6 Å². The molecule has 0 aromatic heterocycles. The molecule has 0 amide bonds. The molecule has 10 heteroatoms. The van der Waals surface area contributed by atoms with Gasteiger partial charge in [0.25, 0.3) is 0 Å². The molecule has 0 atom stereocenters. The zero-order chi connectivity index (χ0) is 22.4. The molecule has 3 N–H and O–H groups in total. The monoisotopic (exact) mass is 462 g/mol. The van der Waals surface area contributed by atoms with Crippen molar-refractivity contribution in [2.45, 2.75) is 90.9 Å². The van der Waals surface area contributed by atoms with Crippen LogP contribution in [0.25, 0.3) is 0 Å². The molecule has 0 aromatic carbocycles. The molecule has 0 saturated carbocycles. The van der Waals surface area contributed by atoms with Crippen LogP contribution < -0.4 is 0 Å². The van der Waals surface area contributed by atoms with Crippen LogP contribution in [0.2, 0.25) is 0 Å². The van der Waals surface area contributed by atoms with Gasteiger partial charge in [0.2, 0.25) is 0 Å². The van der Waals surface area contributed by atoms with Crippen LogP contribution in [-0.4, -0.2) is 69.4 Å². The van der Waals surface area contributed by atoms with E-state index >= 15 is 0 Å². The second-order valence-corrected chi connectivity index (χ2v) is 7.74. The summed E-state index contributed by atoms with van der Waals surface area (Å²) in [6.07, 6.45) is 16.1. The topological polar surface area (TPSA) is 130 Å². The first-order chi connectivity index (χ1) is 13.7. The van der Waals surface area contributed by atoms with Crippen molar-refractivity contribution >= 4 is 49.3 Å². The van der Waals surface area contributed by atoms with E-state index < -0.39 is 19.8 Å². The molecule has 174 valence electrons. The number of carbonyl (C=O) groups is 2. The standard InChI is InChI=1S/C20H36O4.Na.H3O4P.H/c1-3-5-7-9-11-13-17-23-19(21)15-16-20(22)24-18-14-12-10-8-6-4-2;;1-5(2,3)4;/h15-16H,3-14,17-18H2,1-2H3;;(H3,1,2,3,4);/b16-15-;;;. The summed E-state index contributed by atoms with van der Waals surface area (Å²) >= 11 is 0. The molecule has 30 heavy (non-hydrogen) atoms. The molecule has 0 fully saturated rings. The van der Waals surface area contributed by atoms with Gasteiger partial charge in [-0.3, -0.25) is 0 Å². The van der Waals surface area contributed by atoms with E-state index in [1.54, 1.807) is 0 Å².